The van der Waals surface area contributed by atoms with Gasteiger partial charge in [0.05, 0.1) is 12.6 Å². The largest absolute Gasteiger partial charge is 0.394 e. The molecule has 0 saturated heterocycles. The van der Waals surface area contributed by atoms with E-state index in [2.05, 4.69) is 5.32 Å². The summed E-state index contributed by atoms with van der Waals surface area (Å²) < 4.78 is 0. The van der Waals surface area contributed by atoms with E-state index in [1.54, 1.807) is 16.7 Å². The molecule has 0 aromatic heterocycles. The number of nitrogens with zero attached hydrogens (tertiary/aromatic N) is 1. The van der Waals surface area contributed by atoms with Gasteiger partial charge in [-0.15, -0.1) is 0 Å². The van der Waals surface area contributed by atoms with Crippen molar-refractivity contribution in [2.75, 3.05) is 25.2 Å². The molecule has 0 unspecified atom stereocenters. The molecule has 126 valence electrons. The molecule has 0 radical (unpaired) electrons. The monoisotopic (exact) mass is 336 g/mol. The topological polar surface area (TPSA) is 69.6 Å². The second-order valence-corrected chi connectivity index (χ2v) is 6.70. The van der Waals surface area contributed by atoms with Crippen LogP contribution < -0.4 is 5.32 Å². The first kappa shape index (κ1) is 17.8. The molecule has 1 aliphatic rings. The molecule has 6 heteroatoms. The number of nitrogens with one attached hydrogen (secondary N) is 1. The van der Waals surface area contributed by atoms with Crippen LogP contribution in [0.4, 0.5) is 0 Å². The van der Waals surface area contributed by atoms with Crippen LogP contribution in [0.15, 0.2) is 24.3 Å². The third-order valence-electron chi connectivity index (χ3n) is 3.98. The number of amides is 2. The lowest BCUT2D eigenvalue weighted by Crippen LogP contribution is -2.38. The van der Waals surface area contributed by atoms with Gasteiger partial charge in [0, 0.05) is 25.1 Å². The molecule has 0 aliphatic carbocycles. The summed E-state index contributed by atoms with van der Waals surface area (Å²) in [7, 11) is 0. The third-order valence-corrected chi connectivity index (χ3v) is 4.63. The van der Waals surface area contributed by atoms with Crippen molar-refractivity contribution in [3.05, 3.63) is 35.4 Å². The Balaban J connectivity index is 1.71. The zero-order valence-electron chi connectivity index (χ0n) is 13.5. The van der Waals surface area contributed by atoms with E-state index in [1.807, 2.05) is 30.5 Å². The lowest BCUT2D eigenvalue weighted by Gasteiger charge is -2.17. The van der Waals surface area contributed by atoms with Gasteiger partial charge in [-0.05, 0) is 36.5 Å². The van der Waals surface area contributed by atoms with Crippen LogP contribution in [0, 0.1) is 0 Å². The van der Waals surface area contributed by atoms with E-state index in [4.69, 9.17) is 0 Å². The molecule has 1 aliphatic heterocycles. The number of aliphatic hydroxyl groups excluding tert-OH is 1. The van der Waals surface area contributed by atoms with Crippen LogP contribution in [0.5, 0.6) is 0 Å². The Labute approximate surface area is 141 Å². The highest BCUT2D eigenvalue weighted by molar-refractivity contribution is 7.98. The second-order valence-electron chi connectivity index (χ2n) is 5.72. The van der Waals surface area contributed by atoms with E-state index < -0.39 is 0 Å². The van der Waals surface area contributed by atoms with E-state index in [0.29, 0.717) is 25.9 Å². The third kappa shape index (κ3) is 4.97. The molecule has 0 spiro atoms. The Bertz CT molecular complexity index is 550. The molecule has 0 saturated carbocycles. The minimum atomic E-state index is -0.173. The summed E-state index contributed by atoms with van der Waals surface area (Å²) in [5, 5.41) is 12.1. The summed E-state index contributed by atoms with van der Waals surface area (Å²) >= 11 is 1.69. The number of benzene rings is 1. The van der Waals surface area contributed by atoms with E-state index in [0.717, 1.165) is 23.3 Å². The van der Waals surface area contributed by atoms with Crippen molar-refractivity contribution in [1.82, 2.24) is 10.2 Å². The van der Waals surface area contributed by atoms with Gasteiger partial charge in [-0.2, -0.15) is 11.8 Å². The van der Waals surface area contributed by atoms with Crippen molar-refractivity contribution in [1.29, 1.82) is 0 Å². The summed E-state index contributed by atoms with van der Waals surface area (Å²) in [4.78, 5) is 25.9. The van der Waals surface area contributed by atoms with Crippen LogP contribution in [0.3, 0.4) is 0 Å². The molecule has 23 heavy (non-hydrogen) atoms. The minimum Gasteiger partial charge on any atom is -0.394 e. The standard InChI is InChI=1S/C17H24N2O3S/c1-23-10-8-14(12-20)18-16(21)7-4-9-19-11-13-5-2-3-6-15(13)17(19)22/h2-3,5-6,14,20H,4,7-12H2,1H3,(H,18,21)/t14-/m1/s1. The summed E-state index contributed by atoms with van der Waals surface area (Å²) in [6, 6.07) is 7.45. The SMILES string of the molecule is CSCC[C@H](CO)NC(=O)CCCN1Cc2ccccc2C1=O. The molecule has 1 atom stereocenters. The van der Waals surface area contributed by atoms with Crippen LogP contribution in [-0.4, -0.2) is 53.0 Å². The molecule has 5 nitrogen and oxygen atoms in total. The highest BCUT2D eigenvalue weighted by Crippen LogP contribution is 2.22. The maximum Gasteiger partial charge on any atom is 0.254 e. The van der Waals surface area contributed by atoms with Crippen molar-refractivity contribution >= 4 is 23.6 Å². The van der Waals surface area contributed by atoms with Gasteiger partial charge in [0.25, 0.3) is 5.91 Å². The second kappa shape index (κ2) is 8.93. The molecule has 0 bridgehead atoms. The first-order chi connectivity index (χ1) is 11.2. The van der Waals surface area contributed by atoms with Gasteiger partial charge in [-0.25, -0.2) is 0 Å². The van der Waals surface area contributed by atoms with Gasteiger partial charge in [-0.3, -0.25) is 9.59 Å². The number of thioether (sulfide) groups is 1. The van der Waals surface area contributed by atoms with Crippen LogP contribution >= 0.6 is 11.8 Å². The molecule has 2 N–H and O–H groups in total. The molecular weight excluding hydrogens is 312 g/mol. The van der Waals surface area contributed by atoms with Crippen molar-refractivity contribution in [2.24, 2.45) is 0 Å². The van der Waals surface area contributed by atoms with Crippen LogP contribution in [0.1, 0.15) is 35.2 Å². The van der Waals surface area contributed by atoms with Gasteiger partial charge < -0.3 is 15.3 Å². The zero-order chi connectivity index (χ0) is 16.7. The van der Waals surface area contributed by atoms with Crippen LogP contribution in [0.2, 0.25) is 0 Å². The normalized spacial score (nSPS) is 14.7. The predicted molar refractivity (Wildman–Crippen MR) is 92.4 cm³/mol. The van der Waals surface area contributed by atoms with E-state index >= 15 is 0 Å². The lowest BCUT2D eigenvalue weighted by molar-refractivity contribution is -0.122. The Hall–Kier alpha value is -1.53. The molecule has 2 rings (SSSR count). The van der Waals surface area contributed by atoms with E-state index in [1.165, 1.54) is 0 Å². The van der Waals surface area contributed by atoms with Gasteiger partial charge in [-0.1, -0.05) is 18.2 Å². The summed E-state index contributed by atoms with van der Waals surface area (Å²) in [6.45, 7) is 1.17. The lowest BCUT2D eigenvalue weighted by atomic mass is 10.1. The van der Waals surface area contributed by atoms with Crippen molar-refractivity contribution in [2.45, 2.75) is 31.8 Å². The maximum atomic E-state index is 12.2. The maximum absolute atomic E-state index is 12.2. The fraction of sp³-hybridized carbons (Fsp3) is 0.529. The van der Waals surface area contributed by atoms with Crippen molar-refractivity contribution in [3.63, 3.8) is 0 Å². The Morgan fingerprint density at radius 3 is 2.91 bits per heavy atom. The first-order valence-electron chi connectivity index (χ1n) is 7.92. The molecule has 2 amide bonds. The van der Waals surface area contributed by atoms with Crippen LogP contribution in [-0.2, 0) is 11.3 Å². The Morgan fingerprint density at radius 2 is 2.22 bits per heavy atom. The van der Waals surface area contributed by atoms with Crippen LogP contribution in [0.25, 0.3) is 0 Å². The van der Waals surface area contributed by atoms with E-state index in [-0.39, 0.29) is 24.5 Å². The zero-order valence-corrected chi connectivity index (χ0v) is 14.3. The number of carbonyl (C=O) groups excluding carboxylic acids is 2. The number of fused-ring (bicyclic) bond motifs is 1. The number of carbonyl (C=O) groups is 2. The smallest absolute Gasteiger partial charge is 0.254 e. The average Bonchev–Trinajstić information content (AvgIpc) is 2.88. The summed E-state index contributed by atoms with van der Waals surface area (Å²) in [5.74, 6) is 0.898. The summed E-state index contributed by atoms with van der Waals surface area (Å²) in [5.41, 5.74) is 1.83. The van der Waals surface area contributed by atoms with Crippen molar-refractivity contribution in [3.8, 4) is 0 Å². The average molecular weight is 336 g/mol. The van der Waals surface area contributed by atoms with Gasteiger partial charge in [0.1, 0.15) is 0 Å². The number of aliphatic hydroxyl groups is 1. The number of hydrogen-bond donors (Lipinski definition) is 2. The fourth-order valence-corrected chi connectivity index (χ4v) is 3.21. The van der Waals surface area contributed by atoms with Gasteiger partial charge in [0.15, 0.2) is 0 Å². The first-order valence-corrected chi connectivity index (χ1v) is 9.31. The molecule has 1 aromatic carbocycles. The van der Waals surface area contributed by atoms with E-state index in [9.17, 15) is 14.7 Å². The highest BCUT2D eigenvalue weighted by Gasteiger charge is 2.26. The van der Waals surface area contributed by atoms with Gasteiger partial charge in [0.2, 0.25) is 5.91 Å². The van der Waals surface area contributed by atoms with Gasteiger partial charge >= 0.3 is 0 Å². The minimum absolute atomic E-state index is 0.0355. The Kier molecular flexibility index (Phi) is 6.92. The highest BCUT2D eigenvalue weighted by atomic mass is 32.2. The molecular formula is C17H24N2O3S. The number of rotatable bonds is 9. The molecule has 0 fully saturated rings. The fourth-order valence-electron chi connectivity index (χ4n) is 2.69. The molecule has 1 heterocycles. The summed E-state index contributed by atoms with van der Waals surface area (Å²) in [6.07, 6.45) is 3.77. The Morgan fingerprint density at radius 1 is 1.43 bits per heavy atom. The number of hydrogen-bond acceptors (Lipinski definition) is 4. The molecule has 1 aromatic rings. The van der Waals surface area contributed by atoms with Crippen molar-refractivity contribution < 1.29 is 14.7 Å². The predicted octanol–water partition coefficient (Wildman–Crippen LogP) is 1.65. The quantitative estimate of drug-likeness (QED) is 0.719.